The molecule has 8 heteroatoms. The van der Waals surface area contributed by atoms with Crippen molar-refractivity contribution in [3.8, 4) is 5.69 Å². The van der Waals surface area contributed by atoms with Crippen molar-refractivity contribution in [2.24, 2.45) is 0 Å². The third kappa shape index (κ3) is 2.03. The van der Waals surface area contributed by atoms with Crippen molar-refractivity contribution in [3.63, 3.8) is 0 Å². The highest BCUT2D eigenvalue weighted by molar-refractivity contribution is 7.08. The third-order valence-corrected chi connectivity index (χ3v) is 5.89. The summed E-state index contributed by atoms with van der Waals surface area (Å²) in [6.45, 7) is 0. The lowest BCUT2D eigenvalue weighted by Crippen LogP contribution is -2.39. The molecular weight excluding hydrogens is 326 g/mol. The average Bonchev–Trinajstić information content (AvgIpc) is 3.28. The van der Waals surface area contributed by atoms with Crippen LogP contribution < -0.4 is 16.6 Å². The zero-order chi connectivity index (χ0) is 16.3. The van der Waals surface area contributed by atoms with Gasteiger partial charge in [0.2, 0.25) is 0 Å². The van der Waals surface area contributed by atoms with E-state index in [1.807, 2.05) is 21.4 Å². The normalized spacial score (nSPS) is 26.2. The van der Waals surface area contributed by atoms with Gasteiger partial charge in [-0.15, -0.1) is 0 Å². The molecule has 0 spiro atoms. The molecule has 3 aromatic rings. The predicted octanol–water partition coefficient (Wildman–Crippen LogP) is 1.39. The molecular formula is C16H17N5O2S. The highest BCUT2D eigenvalue weighted by Crippen LogP contribution is 2.35. The Morgan fingerprint density at radius 1 is 1.21 bits per heavy atom. The first kappa shape index (κ1) is 14.2. The maximum atomic E-state index is 12.5. The monoisotopic (exact) mass is 343 g/mol. The van der Waals surface area contributed by atoms with Gasteiger partial charge in [0.05, 0.1) is 12.0 Å². The minimum atomic E-state index is -0.419. The van der Waals surface area contributed by atoms with Gasteiger partial charge in [0.25, 0.3) is 5.56 Å². The van der Waals surface area contributed by atoms with Gasteiger partial charge in [-0.25, -0.2) is 14.3 Å². The lowest BCUT2D eigenvalue weighted by molar-refractivity contribution is 0.302. The first-order chi connectivity index (χ1) is 11.7. The Labute approximate surface area is 141 Å². The molecule has 24 heavy (non-hydrogen) atoms. The van der Waals surface area contributed by atoms with E-state index in [2.05, 4.69) is 15.3 Å². The van der Waals surface area contributed by atoms with E-state index in [4.69, 9.17) is 0 Å². The Hall–Kier alpha value is -2.19. The highest BCUT2D eigenvalue weighted by atomic mass is 32.1. The van der Waals surface area contributed by atoms with Crippen molar-refractivity contribution in [2.45, 2.75) is 43.8 Å². The maximum Gasteiger partial charge on any atom is 0.334 e. The summed E-state index contributed by atoms with van der Waals surface area (Å²) >= 11 is 1.52. The van der Waals surface area contributed by atoms with Crippen LogP contribution >= 0.6 is 11.3 Å². The predicted molar refractivity (Wildman–Crippen MR) is 92.0 cm³/mol. The molecule has 3 aromatic heterocycles. The Morgan fingerprint density at radius 3 is 2.71 bits per heavy atom. The van der Waals surface area contributed by atoms with Crippen LogP contribution in [0.25, 0.3) is 16.9 Å². The summed E-state index contributed by atoms with van der Waals surface area (Å²) in [6, 6.07) is 3.19. The second-order valence-electron chi connectivity index (χ2n) is 6.66. The Morgan fingerprint density at radius 2 is 2.00 bits per heavy atom. The largest absolute Gasteiger partial charge is 0.334 e. The molecule has 2 unspecified atom stereocenters. The van der Waals surface area contributed by atoms with Crippen molar-refractivity contribution in [1.82, 2.24) is 24.4 Å². The van der Waals surface area contributed by atoms with E-state index >= 15 is 0 Å². The summed E-state index contributed by atoms with van der Waals surface area (Å²) in [7, 11) is 0. The summed E-state index contributed by atoms with van der Waals surface area (Å²) in [4.78, 5) is 31.4. The lowest BCUT2D eigenvalue weighted by Gasteiger charge is -2.30. The Bertz CT molecular complexity index is 1000. The quantitative estimate of drug-likeness (QED) is 0.736. The second kappa shape index (κ2) is 5.15. The molecule has 0 aliphatic carbocycles. The standard InChI is InChI=1S/C16H17N5O2S/c22-14-13-15(21(16(23)19-14)11-3-4-24-7-11)20(8-17-13)12-5-9-1-2-10(6-12)18-9/h3-4,7-10,12,18H,1-2,5-6H2,(H,19,22,23). The zero-order valence-electron chi connectivity index (χ0n) is 12.9. The number of aromatic nitrogens is 4. The average molecular weight is 343 g/mol. The van der Waals surface area contributed by atoms with Crippen molar-refractivity contribution in [3.05, 3.63) is 44.0 Å². The molecule has 2 atom stereocenters. The van der Waals surface area contributed by atoms with Gasteiger partial charge in [-0.05, 0) is 37.1 Å². The van der Waals surface area contributed by atoms with E-state index in [9.17, 15) is 9.59 Å². The molecule has 2 aliphatic heterocycles. The molecule has 0 saturated carbocycles. The second-order valence-corrected chi connectivity index (χ2v) is 7.44. The van der Waals surface area contributed by atoms with E-state index in [1.165, 1.54) is 24.2 Å². The minimum Gasteiger partial charge on any atom is -0.313 e. The number of fused-ring (bicyclic) bond motifs is 3. The molecule has 0 amide bonds. The number of hydrogen-bond donors (Lipinski definition) is 2. The Kier molecular flexibility index (Phi) is 3.04. The maximum absolute atomic E-state index is 12.5. The molecule has 2 saturated heterocycles. The van der Waals surface area contributed by atoms with Crippen LogP contribution in [0.2, 0.25) is 0 Å². The van der Waals surface area contributed by atoms with Crippen LogP contribution in [0.15, 0.2) is 32.7 Å². The topological polar surface area (TPSA) is 84.7 Å². The van der Waals surface area contributed by atoms with Gasteiger partial charge in [-0.1, -0.05) is 0 Å². The van der Waals surface area contributed by atoms with Crippen LogP contribution in [0.5, 0.6) is 0 Å². The molecule has 2 aliphatic rings. The summed E-state index contributed by atoms with van der Waals surface area (Å²) < 4.78 is 3.61. The summed E-state index contributed by atoms with van der Waals surface area (Å²) in [5.41, 5.74) is 0.867. The number of rotatable bonds is 2. The highest BCUT2D eigenvalue weighted by Gasteiger charge is 2.35. The molecule has 0 aromatic carbocycles. The third-order valence-electron chi connectivity index (χ3n) is 5.22. The first-order valence-electron chi connectivity index (χ1n) is 8.21. The smallest absolute Gasteiger partial charge is 0.313 e. The molecule has 5 heterocycles. The number of thiophene rings is 1. The van der Waals surface area contributed by atoms with Gasteiger partial charge < -0.3 is 9.88 Å². The zero-order valence-corrected chi connectivity index (χ0v) is 13.8. The summed E-state index contributed by atoms with van der Waals surface area (Å²) in [6.07, 6.45) is 6.13. The SMILES string of the molecule is O=c1[nH]c(=O)n(-c2ccsc2)c2c1ncn2C1CC2CCC(C1)N2. The lowest BCUT2D eigenvalue weighted by atomic mass is 10.00. The van der Waals surface area contributed by atoms with E-state index in [-0.39, 0.29) is 6.04 Å². The van der Waals surface area contributed by atoms with Crippen LogP contribution in [0.3, 0.4) is 0 Å². The van der Waals surface area contributed by atoms with Crippen LogP contribution in [0.1, 0.15) is 31.7 Å². The van der Waals surface area contributed by atoms with Crippen LogP contribution in [0.4, 0.5) is 0 Å². The van der Waals surface area contributed by atoms with Gasteiger partial charge in [-0.2, -0.15) is 11.3 Å². The fraction of sp³-hybridized carbons (Fsp3) is 0.438. The Balaban J connectivity index is 1.76. The van der Waals surface area contributed by atoms with Crippen LogP contribution in [0, 0.1) is 0 Å². The summed E-state index contributed by atoms with van der Waals surface area (Å²) in [5.74, 6) is 0. The van der Waals surface area contributed by atoms with Crippen molar-refractivity contribution in [1.29, 1.82) is 0 Å². The number of nitrogens with one attached hydrogen (secondary N) is 2. The first-order valence-corrected chi connectivity index (χ1v) is 9.15. The van der Waals surface area contributed by atoms with E-state index in [0.29, 0.717) is 23.2 Å². The molecule has 2 bridgehead atoms. The van der Waals surface area contributed by atoms with Crippen molar-refractivity contribution in [2.75, 3.05) is 0 Å². The van der Waals surface area contributed by atoms with Gasteiger partial charge >= 0.3 is 5.69 Å². The summed E-state index contributed by atoms with van der Waals surface area (Å²) in [5, 5.41) is 7.45. The van der Waals surface area contributed by atoms with Crippen molar-refractivity contribution < 1.29 is 0 Å². The molecule has 2 fully saturated rings. The fourth-order valence-electron chi connectivity index (χ4n) is 4.19. The number of nitrogens with zero attached hydrogens (tertiary/aromatic N) is 3. The molecule has 0 radical (unpaired) electrons. The van der Waals surface area contributed by atoms with Gasteiger partial charge in [0.1, 0.15) is 0 Å². The van der Waals surface area contributed by atoms with Gasteiger partial charge in [-0.3, -0.25) is 9.78 Å². The number of H-pyrrole nitrogens is 1. The van der Waals surface area contributed by atoms with Crippen LogP contribution in [-0.2, 0) is 0 Å². The molecule has 5 rings (SSSR count). The number of aromatic amines is 1. The minimum absolute atomic E-state index is 0.264. The van der Waals surface area contributed by atoms with Gasteiger partial charge in [0, 0.05) is 23.5 Å². The molecule has 7 nitrogen and oxygen atoms in total. The van der Waals surface area contributed by atoms with Gasteiger partial charge in [0.15, 0.2) is 11.2 Å². The number of hydrogen-bond acceptors (Lipinski definition) is 5. The molecule has 2 N–H and O–H groups in total. The number of piperidine rings is 1. The van der Waals surface area contributed by atoms with E-state index in [1.54, 1.807) is 10.9 Å². The van der Waals surface area contributed by atoms with E-state index in [0.717, 1.165) is 18.5 Å². The molecule has 124 valence electrons. The fourth-order valence-corrected chi connectivity index (χ4v) is 4.81. The number of imidazole rings is 1. The van der Waals surface area contributed by atoms with E-state index < -0.39 is 11.2 Å². The van der Waals surface area contributed by atoms with Crippen molar-refractivity contribution >= 4 is 22.5 Å². The van der Waals surface area contributed by atoms with Crippen LogP contribution in [-0.4, -0.2) is 31.2 Å².